The fourth-order valence-corrected chi connectivity index (χ4v) is 4.69. The molecule has 0 spiro atoms. The van der Waals surface area contributed by atoms with Gasteiger partial charge in [0.15, 0.2) is 0 Å². The Kier molecular flexibility index (Phi) is 6.72. The fourth-order valence-electron chi connectivity index (χ4n) is 3.15. The molecule has 1 fully saturated rings. The summed E-state index contributed by atoms with van der Waals surface area (Å²) >= 11 is 5.83. The van der Waals surface area contributed by atoms with Crippen LogP contribution in [0.25, 0.3) is 0 Å². The molecule has 0 aromatic heterocycles. The monoisotopic (exact) mass is 421 g/mol. The van der Waals surface area contributed by atoms with Gasteiger partial charge in [-0.05, 0) is 36.8 Å². The Bertz CT molecular complexity index is 896. The zero-order valence-electron chi connectivity index (χ0n) is 15.7. The molecule has 0 saturated carbocycles. The van der Waals surface area contributed by atoms with Crippen molar-refractivity contribution in [2.24, 2.45) is 0 Å². The Labute approximate surface area is 171 Å². The van der Waals surface area contributed by atoms with Gasteiger partial charge in [0.25, 0.3) is 0 Å². The molecule has 8 heteroatoms. The van der Waals surface area contributed by atoms with Gasteiger partial charge in [0.1, 0.15) is 0 Å². The van der Waals surface area contributed by atoms with E-state index in [-0.39, 0.29) is 36.5 Å². The zero-order chi connectivity index (χ0) is 20.1. The number of hydrogen-bond acceptors (Lipinski definition) is 4. The van der Waals surface area contributed by atoms with Crippen LogP contribution in [0.5, 0.6) is 0 Å². The largest absolute Gasteiger partial charge is 0.339 e. The van der Waals surface area contributed by atoms with Crippen LogP contribution in [0.3, 0.4) is 0 Å². The molecule has 0 aliphatic carbocycles. The highest BCUT2D eigenvalue weighted by atomic mass is 35.5. The van der Waals surface area contributed by atoms with Crippen molar-refractivity contribution in [3.05, 3.63) is 65.2 Å². The Morgan fingerprint density at radius 2 is 1.64 bits per heavy atom. The molecule has 0 radical (unpaired) electrons. The predicted octanol–water partition coefficient (Wildman–Crippen LogP) is 2.52. The summed E-state index contributed by atoms with van der Waals surface area (Å²) in [7, 11) is -3.57. The number of hydrogen-bond donors (Lipinski definition) is 1. The predicted molar refractivity (Wildman–Crippen MR) is 110 cm³/mol. The van der Waals surface area contributed by atoms with Crippen molar-refractivity contribution < 1.29 is 13.2 Å². The standard InChI is InChI=1S/C20H24ClN3O3S/c1-16(17-5-3-2-4-6-17)22-15-20(25)23-11-13-24(14-12-23)28(26,27)19-9-7-18(21)8-10-19/h2-10,16,22H,11-15H2,1H3/t16-/m0/s1. The lowest BCUT2D eigenvalue weighted by Gasteiger charge is -2.34. The van der Waals surface area contributed by atoms with Gasteiger partial charge >= 0.3 is 0 Å². The lowest BCUT2D eigenvalue weighted by atomic mass is 10.1. The van der Waals surface area contributed by atoms with Gasteiger partial charge in [0.05, 0.1) is 11.4 Å². The lowest BCUT2D eigenvalue weighted by Crippen LogP contribution is -2.52. The quantitative estimate of drug-likeness (QED) is 0.778. The molecule has 2 aromatic carbocycles. The van der Waals surface area contributed by atoms with Gasteiger partial charge in [-0.1, -0.05) is 41.9 Å². The van der Waals surface area contributed by atoms with E-state index < -0.39 is 10.0 Å². The van der Waals surface area contributed by atoms with Crippen LogP contribution in [0.2, 0.25) is 5.02 Å². The fraction of sp³-hybridized carbons (Fsp3) is 0.350. The maximum absolute atomic E-state index is 12.7. The molecule has 1 aliphatic heterocycles. The number of carbonyl (C=O) groups is 1. The third kappa shape index (κ3) is 4.91. The van der Waals surface area contributed by atoms with Crippen LogP contribution in [0.1, 0.15) is 18.5 Å². The Morgan fingerprint density at radius 3 is 2.25 bits per heavy atom. The molecule has 28 heavy (non-hydrogen) atoms. The van der Waals surface area contributed by atoms with E-state index in [9.17, 15) is 13.2 Å². The average molecular weight is 422 g/mol. The Balaban J connectivity index is 1.52. The van der Waals surface area contributed by atoms with Gasteiger partial charge in [0.2, 0.25) is 15.9 Å². The highest BCUT2D eigenvalue weighted by molar-refractivity contribution is 7.89. The number of nitrogens with zero attached hydrogens (tertiary/aromatic N) is 2. The van der Waals surface area contributed by atoms with E-state index in [1.54, 1.807) is 17.0 Å². The number of piperazine rings is 1. The second kappa shape index (κ2) is 9.05. The number of halogens is 1. The number of sulfonamides is 1. The molecule has 1 heterocycles. The summed E-state index contributed by atoms with van der Waals surface area (Å²) < 4.78 is 26.8. The van der Waals surface area contributed by atoms with E-state index in [4.69, 9.17) is 11.6 Å². The first-order valence-electron chi connectivity index (χ1n) is 9.20. The number of carbonyl (C=O) groups excluding carboxylic acids is 1. The van der Waals surface area contributed by atoms with E-state index in [1.807, 2.05) is 37.3 Å². The zero-order valence-corrected chi connectivity index (χ0v) is 17.3. The molecular formula is C20H24ClN3O3S. The van der Waals surface area contributed by atoms with Crippen molar-refractivity contribution in [3.8, 4) is 0 Å². The van der Waals surface area contributed by atoms with Crippen molar-refractivity contribution in [1.82, 2.24) is 14.5 Å². The van der Waals surface area contributed by atoms with Gasteiger partial charge in [-0.3, -0.25) is 4.79 Å². The molecule has 1 amide bonds. The Morgan fingerprint density at radius 1 is 1.04 bits per heavy atom. The van der Waals surface area contributed by atoms with Crippen molar-refractivity contribution >= 4 is 27.5 Å². The summed E-state index contributed by atoms with van der Waals surface area (Å²) in [6.07, 6.45) is 0. The summed E-state index contributed by atoms with van der Waals surface area (Å²) in [6, 6.07) is 16.1. The maximum atomic E-state index is 12.7. The third-order valence-corrected chi connectivity index (χ3v) is 7.07. The van der Waals surface area contributed by atoms with E-state index in [1.165, 1.54) is 16.4 Å². The van der Waals surface area contributed by atoms with E-state index in [0.717, 1.165) is 5.56 Å². The minimum atomic E-state index is -3.57. The van der Waals surface area contributed by atoms with E-state index in [2.05, 4.69) is 5.32 Å². The van der Waals surface area contributed by atoms with Crippen LogP contribution in [-0.2, 0) is 14.8 Å². The van der Waals surface area contributed by atoms with Crippen LogP contribution in [-0.4, -0.2) is 56.3 Å². The first-order valence-corrected chi connectivity index (χ1v) is 11.0. The van der Waals surface area contributed by atoms with Gasteiger partial charge in [0, 0.05) is 37.2 Å². The van der Waals surface area contributed by atoms with Crippen LogP contribution in [0, 0.1) is 0 Å². The smallest absolute Gasteiger partial charge is 0.243 e. The Hall–Kier alpha value is -1.93. The molecule has 1 N–H and O–H groups in total. The van der Waals surface area contributed by atoms with Gasteiger partial charge in [-0.2, -0.15) is 4.31 Å². The minimum Gasteiger partial charge on any atom is -0.339 e. The average Bonchev–Trinajstić information content (AvgIpc) is 2.73. The highest BCUT2D eigenvalue weighted by Gasteiger charge is 2.30. The second-order valence-corrected chi connectivity index (χ2v) is 9.13. The molecular weight excluding hydrogens is 398 g/mol. The molecule has 2 aromatic rings. The molecule has 150 valence electrons. The van der Waals surface area contributed by atoms with E-state index in [0.29, 0.717) is 18.1 Å². The highest BCUT2D eigenvalue weighted by Crippen LogP contribution is 2.20. The van der Waals surface area contributed by atoms with Crippen molar-refractivity contribution in [1.29, 1.82) is 0 Å². The number of amides is 1. The van der Waals surface area contributed by atoms with Crippen molar-refractivity contribution in [2.45, 2.75) is 17.9 Å². The maximum Gasteiger partial charge on any atom is 0.243 e. The SMILES string of the molecule is C[C@H](NCC(=O)N1CCN(S(=O)(=O)c2ccc(Cl)cc2)CC1)c1ccccc1. The summed E-state index contributed by atoms with van der Waals surface area (Å²) in [5.41, 5.74) is 1.12. The lowest BCUT2D eigenvalue weighted by molar-refractivity contribution is -0.131. The summed E-state index contributed by atoms with van der Waals surface area (Å²) in [5.74, 6) is -0.0219. The molecule has 1 atom stereocenters. The van der Waals surface area contributed by atoms with Gasteiger partial charge in [-0.15, -0.1) is 0 Å². The molecule has 0 unspecified atom stereocenters. The van der Waals surface area contributed by atoms with Crippen LogP contribution in [0.15, 0.2) is 59.5 Å². The normalized spacial score (nSPS) is 16.7. The van der Waals surface area contributed by atoms with Gasteiger partial charge in [-0.25, -0.2) is 8.42 Å². The first-order chi connectivity index (χ1) is 13.4. The van der Waals surface area contributed by atoms with Crippen LogP contribution < -0.4 is 5.32 Å². The van der Waals surface area contributed by atoms with Crippen molar-refractivity contribution in [3.63, 3.8) is 0 Å². The van der Waals surface area contributed by atoms with Crippen molar-refractivity contribution in [2.75, 3.05) is 32.7 Å². The van der Waals surface area contributed by atoms with Gasteiger partial charge < -0.3 is 10.2 Å². The summed E-state index contributed by atoms with van der Waals surface area (Å²) in [6.45, 7) is 3.56. The topological polar surface area (TPSA) is 69.7 Å². The number of nitrogens with one attached hydrogen (secondary N) is 1. The number of benzene rings is 2. The minimum absolute atomic E-state index is 0.0219. The molecule has 1 aliphatic rings. The van der Waals surface area contributed by atoms with Crippen LogP contribution >= 0.6 is 11.6 Å². The van der Waals surface area contributed by atoms with Crippen LogP contribution in [0.4, 0.5) is 0 Å². The third-order valence-electron chi connectivity index (χ3n) is 4.90. The summed E-state index contributed by atoms with van der Waals surface area (Å²) in [5, 5.41) is 3.73. The first kappa shape index (κ1) is 20.8. The van der Waals surface area contributed by atoms with E-state index >= 15 is 0 Å². The number of rotatable bonds is 6. The molecule has 3 rings (SSSR count). The molecule has 6 nitrogen and oxygen atoms in total. The molecule has 0 bridgehead atoms. The summed E-state index contributed by atoms with van der Waals surface area (Å²) in [4.78, 5) is 14.4. The molecule has 1 saturated heterocycles. The second-order valence-electron chi connectivity index (χ2n) is 6.75.